The molecule has 0 radical (unpaired) electrons. The number of aromatic amines is 1. The molecule has 228 valence electrons. The first-order chi connectivity index (χ1) is 20.2. The topological polar surface area (TPSA) is 157 Å². The van der Waals surface area contributed by atoms with Gasteiger partial charge in [-0.1, -0.05) is 47.5 Å². The van der Waals surface area contributed by atoms with Gasteiger partial charge in [0.15, 0.2) is 0 Å². The number of hydrogen-bond donors (Lipinski definition) is 4. The minimum atomic E-state index is -1.11. The van der Waals surface area contributed by atoms with Crippen molar-refractivity contribution in [2.45, 2.75) is 51.3 Å². The minimum absolute atomic E-state index is 0.151. The first-order valence-electron chi connectivity index (χ1n) is 13.3. The Hall–Kier alpha value is -4.12. The lowest BCUT2D eigenvalue weighted by atomic mass is 10.1. The fourth-order valence-corrected chi connectivity index (χ4v) is 4.11. The lowest BCUT2D eigenvalue weighted by Crippen LogP contribution is -2.42. The van der Waals surface area contributed by atoms with Gasteiger partial charge >= 0.3 is 11.9 Å². The van der Waals surface area contributed by atoms with Gasteiger partial charge < -0.3 is 30.6 Å². The van der Waals surface area contributed by atoms with Crippen molar-refractivity contribution in [2.24, 2.45) is 5.73 Å². The number of carboxylic acids is 1. The summed E-state index contributed by atoms with van der Waals surface area (Å²) in [6.07, 6.45) is 0.602. The number of nitrogens with two attached hydrogens (primary N) is 1. The molecule has 0 aliphatic carbocycles. The van der Waals surface area contributed by atoms with Gasteiger partial charge in [-0.05, 0) is 80.8 Å². The van der Waals surface area contributed by atoms with Crippen LogP contribution in [0.5, 0.6) is 6.01 Å². The monoisotopic (exact) mass is 628 g/mol. The fraction of sp³-hybridized carbons (Fsp3) is 0.290. The van der Waals surface area contributed by atoms with E-state index in [1.165, 1.54) is 7.11 Å². The number of nitrogens with one attached hydrogen (secondary N) is 2. The molecular weight excluding hydrogens is 595 g/mol. The van der Waals surface area contributed by atoms with Crippen LogP contribution in [0.1, 0.15) is 42.3 Å². The maximum atomic E-state index is 12.5. The third-order valence-corrected chi connectivity index (χ3v) is 6.45. The first-order valence-corrected chi connectivity index (χ1v) is 14.0. The third-order valence-electron chi connectivity index (χ3n) is 5.95. The molecule has 43 heavy (non-hydrogen) atoms. The molecule has 10 nitrogen and oxygen atoms in total. The fourth-order valence-electron chi connectivity index (χ4n) is 3.86. The van der Waals surface area contributed by atoms with Gasteiger partial charge in [-0.3, -0.25) is 9.59 Å². The smallest absolute Gasteiger partial charge is 0.326 e. The van der Waals surface area contributed by atoms with E-state index in [0.717, 1.165) is 11.1 Å². The van der Waals surface area contributed by atoms with Gasteiger partial charge in [-0.2, -0.15) is 4.98 Å². The minimum Gasteiger partial charge on any atom is -0.480 e. The molecule has 0 bridgehead atoms. The van der Waals surface area contributed by atoms with Crippen molar-refractivity contribution in [3.05, 3.63) is 93.5 Å². The van der Waals surface area contributed by atoms with Crippen LogP contribution in [0.2, 0.25) is 10.0 Å². The van der Waals surface area contributed by atoms with E-state index in [9.17, 15) is 19.5 Å². The number of ether oxygens (including phenoxy) is 2. The molecule has 0 aliphatic heterocycles. The number of amides is 1. The Bertz CT molecular complexity index is 1550. The number of aromatic nitrogens is 2. The quantitative estimate of drug-likeness (QED) is 0.184. The number of halogens is 2. The van der Waals surface area contributed by atoms with Crippen LogP contribution in [0.15, 0.2) is 66.7 Å². The van der Waals surface area contributed by atoms with Crippen molar-refractivity contribution in [3.8, 4) is 6.01 Å². The van der Waals surface area contributed by atoms with E-state index in [4.69, 9.17) is 38.4 Å². The number of imidazole rings is 1. The van der Waals surface area contributed by atoms with Crippen LogP contribution in [0.4, 0.5) is 0 Å². The lowest BCUT2D eigenvalue weighted by molar-refractivity contribution is -0.156. The van der Waals surface area contributed by atoms with Crippen molar-refractivity contribution in [3.63, 3.8) is 0 Å². The number of carbonyl (C=O) groups excluding carboxylic acids is 2. The zero-order valence-corrected chi connectivity index (χ0v) is 25.7. The van der Waals surface area contributed by atoms with Crippen molar-refractivity contribution in [1.29, 1.82) is 0 Å². The Morgan fingerprint density at radius 3 is 2.02 bits per heavy atom. The summed E-state index contributed by atoms with van der Waals surface area (Å²) in [5, 5.41) is 13.2. The molecule has 0 spiro atoms. The number of esters is 1. The highest BCUT2D eigenvalue weighted by Crippen LogP contribution is 2.18. The molecule has 5 N–H and O–H groups in total. The SMILES string of the molecule is CC(C)(C)OC(=O)C(N)Cc1ccc(Cl)cc1.COc1nc2ccc(C(=O)N[C@@H](Cc3ccc(Cl)cc3)C(=O)O)cc2[nH]1. The molecule has 1 amide bonds. The Morgan fingerprint density at radius 2 is 1.51 bits per heavy atom. The second-order valence-corrected chi connectivity index (χ2v) is 11.5. The molecule has 1 aromatic heterocycles. The zero-order chi connectivity index (χ0) is 31.7. The molecule has 0 fully saturated rings. The largest absolute Gasteiger partial charge is 0.480 e. The summed E-state index contributed by atoms with van der Waals surface area (Å²) in [4.78, 5) is 42.7. The standard InChI is InChI=1S/C18H16ClN3O4.C13H18ClNO2/c1-26-18-21-13-7-4-11(9-14(13)22-18)16(23)20-15(17(24)25)8-10-2-5-12(19)6-3-10;1-13(2,3)17-12(16)11(15)8-9-4-6-10(14)7-5-9/h2-7,9,15H,8H2,1H3,(H,20,23)(H,21,22)(H,24,25);4-7,11H,8,15H2,1-3H3/t15-;/m0./s1. The van der Waals surface area contributed by atoms with Gasteiger partial charge in [0.25, 0.3) is 11.9 Å². The molecule has 1 heterocycles. The summed E-state index contributed by atoms with van der Waals surface area (Å²) in [7, 11) is 1.49. The number of rotatable bonds is 9. The number of aliphatic carboxylic acids is 1. The number of nitrogens with zero attached hydrogens (tertiary/aromatic N) is 1. The van der Waals surface area contributed by atoms with E-state index in [0.29, 0.717) is 39.1 Å². The van der Waals surface area contributed by atoms with Gasteiger partial charge in [0.2, 0.25) is 0 Å². The van der Waals surface area contributed by atoms with Crippen LogP contribution in [-0.4, -0.2) is 57.7 Å². The summed E-state index contributed by atoms with van der Waals surface area (Å²) < 4.78 is 10.2. The maximum absolute atomic E-state index is 12.5. The summed E-state index contributed by atoms with van der Waals surface area (Å²) in [6.45, 7) is 5.46. The van der Waals surface area contributed by atoms with Gasteiger partial charge in [0.1, 0.15) is 17.7 Å². The van der Waals surface area contributed by atoms with E-state index in [1.807, 2.05) is 32.9 Å². The average Bonchev–Trinajstić information content (AvgIpc) is 3.37. The third kappa shape index (κ3) is 10.6. The highest BCUT2D eigenvalue weighted by molar-refractivity contribution is 6.30. The summed E-state index contributed by atoms with van der Waals surface area (Å²) in [6, 6.07) is 17.6. The molecule has 0 aliphatic rings. The molecule has 0 saturated heterocycles. The first kappa shape index (κ1) is 33.4. The number of fused-ring (bicyclic) bond motifs is 1. The van der Waals surface area contributed by atoms with E-state index in [1.54, 1.807) is 54.6 Å². The van der Waals surface area contributed by atoms with Crippen LogP contribution in [0, 0.1) is 0 Å². The Kier molecular flexibility index (Phi) is 11.5. The predicted molar refractivity (Wildman–Crippen MR) is 166 cm³/mol. The molecule has 2 atom stereocenters. The van der Waals surface area contributed by atoms with Crippen LogP contribution in [0.3, 0.4) is 0 Å². The maximum Gasteiger partial charge on any atom is 0.326 e. The van der Waals surface area contributed by atoms with Gasteiger partial charge in [-0.15, -0.1) is 0 Å². The number of H-pyrrole nitrogens is 1. The van der Waals surface area contributed by atoms with Crippen molar-refractivity contribution < 1.29 is 29.0 Å². The highest BCUT2D eigenvalue weighted by atomic mass is 35.5. The molecule has 4 rings (SSSR count). The molecule has 0 saturated carbocycles. The molecule has 3 aromatic carbocycles. The van der Waals surface area contributed by atoms with Gasteiger partial charge in [0.05, 0.1) is 18.1 Å². The normalized spacial score (nSPS) is 12.4. The van der Waals surface area contributed by atoms with Crippen LogP contribution in [0.25, 0.3) is 11.0 Å². The summed E-state index contributed by atoms with van der Waals surface area (Å²) in [5.41, 5.74) is 8.60. The Labute approximate surface area is 259 Å². The number of hydrogen-bond acceptors (Lipinski definition) is 7. The number of carbonyl (C=O) groups is 3. The van der Waals surface area contributed by atoms with Gasteiger partial charge in [0, 0.05) is 22.0 Å². The van der Waals surface area contributed by atoms with E-state index < -0.39 is 29.6 Å². The predicted octanol–water partition coefficient (Wildman–Crippen LogP) is 5.20. The van der Waals surface area contributed by atoms with Crippen molar-refractivity contribution >= 4 is 52.1 Å². The molecule has 4 aromatic rings. The van der Waals surface area contributed by atoms with E-state index in [-0.39, 0.29) is 12.4 Å². The van der Waals surface area contributed by atoms with Crippen LogP contribution < -0.4 is 15.8 Å². The molecule has 12 heteroatoms. The zero-order valence-electron chi connectivity index (χ0n) is 24.2. The summed E-state index contributed by atoms with van der Waals surface area (Å²) >= 11 is 11.6. The lowest BCUT2D eigenvalue weighted by Gasteiger charge is -2.22. The van der Waals surface area contributed by atoms with Crippen molar-refractivity contribution in [2.75, 3.05) is 7.11 Å². The molecule has 1 unspecified atom stereocenters. The van der Waals surface area contributed by atoms with E-state index in [2.05, 4.69) is 15.3 Å². The Morgan fingerprint density at radius 1 is 0.953 bits per heavy atom. The Balaban J connectivity index is 0.000000259. The van der Waals surface area contributed by atoms with Gasteiger partial charge in [-0.25, -0.2) is 4.79 Å². The average molecular weight is 630 g/mol. The van der Waals surface area contributed by atoms with Crippen LogP contribution in [-0.2, 0) is 27.2 Å². The second kappa shape index (κ2) is 14.9. The number of methoxy groups -OCH3 is 1. The second-order valence-electron chi connectivity index (χ2n) is 10.6. The van der Waals surface area contributed by atoms with E-state index >= 15 is 0 Å². The van der Waals surface area contributed by atoms with Crippen LogP contribution >= 0.6 is 23.2 Å². The number of carboxylic acid groups (broad SMARTS) is 1. The molecular formula is C31H34Cl2N4O6. The highest BCUT2D eigenvalue weighted by Gasteiger charge is 2.23. The summed E-state index contributed by atoms with van der Waals surface area (Å²) in [5.74, 6) is -1.98. The number of benzene rings is 3. The van der Waals surface area contributed by atoms with Crippen molar-refractivity contribution in [1.82, 2.24) is 15.3 Å².